The third-order valence-electron chi connectivity index (χ3n) is 3.04. The Morgan fingerprint density at radius 2 is 1.90 bits per heavy atom. The van der Waals surface area contributed by atoms with Crippen molar-refractivity contribution in [2.45, 2.75) is 32.9 Å². The molecule has 1 aromatic carbocycles. The molecule has 0 aliphatic heterocycles. The Morgan fingerprint density at radius 3 is 2.40 bits per heavy atom. The molecule has 114 valence electrons. The molecule has 1 aromatic rings. The van der Waals surface area contributed by atoms with E-state index in [4.69, 9.17) is 11.6 Å². The standard InChI is InChI=1S/C14H18BrClF3N/c1-13(2,6-3-7-16)9-20-12-5-4-10(8-11(12)15)14(17,18)19/h4-5,8,20H,3,6-7,9H2,1-2H3. The summed E-state index contributed by atoms with van der Waals surface area (Å²) in [6, 6.07) is 3.62. The van der Waals surface area contributed by atoms with E-state index in [-0.39, 0.29) is 5.41 Å². The number of rotatable bonds is 6. The van der Waals surface area contributed by atoms with E-state index in [1.165, 1.54) is 6.07 Å². The monoisotopic (exact) mass is 371 g/mol. The van der Waals surface area contributed by atoms with Gasteiger partial charge in [-0.3, -0.25) is 0 Å². The number of anilines is 1. The summed E-state index contributed by atoms with van der Waals surface area (Å²) in [7, 11) is 0. The third-order valence-corrected chi connectivity index (χ3v) is 3.96. The van der Waals surface area contributed by atoms with Gasteiger partial charge >= 0.3 is 6.18 Å². The lowest BCUT2D eigenvalue weighted by Crippen LogP contribution is -2.23. The van der Waals surface area contributed by atoms with Crippen LogP contribution in [0, 0.1) is 5.41 Å². The van der Waals surface area contributed by atoms with E-state index in [1.54, 1.807) is 0 Å². The summed E-state index contributed by atoms with van der Waals surface area (Å²) in [4.78, 5) is 0. The van der Waals surface area contributed by atoms with E-state index >= 15 is 0 Å². The quantitative estimate of drug-likeness (QED) is 0.611. The van der Waals surface area contributed by atoms with Crippen molar-refractivity contribution in [1.29, 1.82) is 0 Å². The molecule has 1 nitrogen and oxygen atoms in total. The zero-order valence-corrected chi connectivity index (χ0v) is 13.8. The van der Waals surface area contributed by atoms with E-state index in [9.17, 15) is 13.2 Å². The van der Waals surface area contributed by atoms with Crippen LogP contribution in [0.2, 0.25) is 0 Å². The number of hydrogen-bond donors (Lipinski definition) is 1. The van der Waals surface area contributed by atoms with Crippen molar-refractivity contribution < 1.29 is 13.2 Å². The van der Waals surface area contributed by atoms with Crippen molar-refractivity contribution in [3.63, 3.8) is 0 Å². The van der Waals surface area contributed by atoms with Gasteiger partial charge in [0.05, 0.1) is 5.56 Å². The number of benzene rings is 1. The summed E-state index contributed by atoms with van der Waals surface area (Å²) in [5.74, 6) is 0.618. The van der Waals surface area contributed by atoms with Gasteiger partial charge in [-0.15, -0.1) is 11.6 Å². The Morgan fingerprint density at radius 1 is 1.25 bits per heavy atom. The number of halogens is 5. The van der Waals surface area contributed by atoms with Gasteiger partial charge in [0, 0.05) is 22.6 Å². The van der Waals surface area contributed by atoms with Gasteiger partial charge in [0.1, 0.15) is 0 Å². The molecule has 0 radical (unpaired) electrons. The number of alkyl halides is 4. The zero-order valence-electron chi connectivity index (χ0n) is 11.5. The van der Waals surface area contributed by atoms with E-state index in [1.807, 2.05) is 0 Å². The van der Waals surface area contributed by atoms with Gasteiger partial charge in [0.25, 0.3) is 0 Å². The molecular weight excluding hydrogens is 355 g/mol. The predicted molar refractivity (Wildman–Crippen MR) is 81.4 cm³/mol. The van der Waals surface area contributed by atoms with E-state index in [0.717, 1.165) is 25.0 Å². The van der Waals surface area contributed by atoms with Crippen LogP contribution < -0.4 is 5.32 Å². The second kappa shape index (κ2) is 7.03. The van der Waals surface area contributed by atoms with E-state index < -0.39 is 11.7 Å². The fourth-order valence-corrected chi connectivity index (χ4v) is 2.46. The van der Waals surface area contributed by atoms with Crippen LogP contribution in [-0.2, 0) is 6.18 Å². The Hall–Kier alpha value is -0.420. The number of hydrogen-bond acceptors (Lipinski definition) is 1. The minimum absolute atomic E-state index is 0.0387. The highest BCUT2D eigenvalue weighted by atomic mass is 79.9. The molecular formula is C14H18BrClF3N. The smallest absolute Gasteiger partial charge is 0.384 e. The summed E-state index contributed by atoms with van der Waals surface area (Å²) in [5, 5.41) is 3.18. The van der Waals surface area contributed by atoms with Crippen molar-refractivity contribution in [3.05, 3.63) is 28.2 Å². The summed E-state index contributed by atoms with van der Waals surface area (Å²) in [6.45, 7) is 4.88. The topological polar surface area (TPSA) is 12.0 Å². The molecule has 0 fully saturated rings. The predicted octanol–water partition coefficient (Wildman–Crippen LogP) is 5.93. The summed E-state index contributed by atoms with van der Waals surface area (Å²) in [5.41, 5.74) is 0.0464. The first-order chi connectivity index (χ1) is 9.15. The molecule has 0 unspecified atom stereocenters. The Kier molecular flexibility index (Phi) is 6.20. The fraction of sp³-hybridized carbons (Fsp3) is 0.571. The maximum Gasteiger partial charge on any atom is 0.416 e. The van der Waals surface area contributed by atoms with Crippen LogP contribution in [0.15, 0.2) is 22.7 Å². The molecule has 20 heavy (non-hydrogen) atoms. The van der Waals surface area contributed by atoms with E-state index in [0.29, 0.717) is 22.6 Å². The van der Waals surface area contributed by atoms with Crippen LogP contribution in [0.1, 0.15) is 32.3 Å². The lowest BCUT2D eigenvalue weighted by molar-refractivity contribution is -0.137. The molecule has 0 atom stereocenters. The molecule has 6 heteroatoms. The fourth-order valence-electron chi connectivity index (χ4n) is 1.80. The molecule has 0 saturated carbocycles. The van der Waals surface area contributed by atoms with Crippen LogP contribution >= 0.6 is 27.5 Å². The first-order valence-corrected chi connectivity index (χ1v) is 7.65. The Labute approximate surface area is 131 Å². The molecule has 0 aliphatic carbocycles. The van der Waals surface area contributed by atoms with Gasteiger partial charge in [-0.05, 0) is 52.4 Å². The highest BCUT2D eigenvalue weighted by Crippen LogP contribution is 2.34. The van der Waals surface area contributed by atoms with Crippen LogP contribution in [0.5, 0.6) is 0 Å². The minimum atomic E-state index is -4.32. The minimum Gasteiger partial charge on any atom is -0.384 e. The Bertz CT molecular complexity index is 447. The molecule has 0 spiro atoms. The van der Waals surface area contributed by atoms with Gasteiger partial charge in [-0.1, -0.05) is 13.8 Å². The average Bonchev–Trinajstić information content (AvgIpc) is 2.34. The maximum atomic E-state index is 12.6. The molecule has 0 bridgehead atoms. The average molecular weight is 373 g/mol. The van der Waals surface area contributed by atoms with Crippen molar-refractivity contribution in [2.24, 2.45) is 5.41 Å². The van der Waals surface area contributed by atoms with Crippen LogP contribution in [0.25, 0.3) is 0 Å². The summed E-state index contributed by atoms with van der Waals surface area (Å²) < 4.78 is 38.1. The van der Waals surface area contributed by atoms with Crippen molar-refractivity contribution in [2.75, 3.05) is 17.7 Å². The Balaban J connectivity index is 2.70. The maximum absolute atomic E-state index is 12.6. The molecule has 0 amide bonds. The largest absolute Gasteiger partial charge is 0.416 e. The molecule has 0 aromatic heterocycles. The normalized spacial score (nSPS) is 12.6. The lowest BCUT2D eigenvalue weighted by Gasteiger charge is -2.25. The molecule has 0 heterocycles. The van der Waals surface area contributed by atoms with Gasteiger partial charge in [0.15, 0.2) is 0 Å². The molecule has 1 rings (SSSR count). The first kappa shape index (κ1) is 17.6. The van der Waals surface area contributed by atoms with Gasteiger partial charge in [-0.25, -0.2) is 0 Å². The van der Waals surface area contributed by atoms with Crippen LogP contribution in [0.4, 0.5) is 18.9 Å². The lowest BCUT2D eigenvalue weighted by atomic mass is 9.88. The third kappa shape index (κ3) is 5.52. The van der Waals surface area contributed by atoms with Gasteiger partial charge < -0.3 is 5.32 Å². The first-order valence-electron chi connectivity index (χ1n) is 6.32. The highest BCUT2D eigenvalue weighted by molar-refractivity contribution is 9.10. The van der Waals surface area contributed by atoms with Crippen LogP contribution in [-0.4, -0.2) is 12.4 Å². The van der Waals surface area contributed by atoms with E-state index in [2.05, 4.69) is 35.1 Å². The second-order valence-corrected chi connectivity index (χ2v) is 6.73. The van der Waals surface area contributed by atoms with Crippen molar-refractivity contribution >= 4 is 33.2 Å². The molecule has 0 saturated heterocycles. The zero-order chi connectivity index (χ0) is 15.4. The second-order valence-electron chi connectivity index (χ2n) is 5.50. The summed E-state index contributed by atoms with van der Waals surface area (Å²) in [6.07, 6.45) is -2.44. The summed E-state index contributed by atoms with van der Waals surface area (Å²) >= 11 is 8.85. The SMILES string of the molecule is CC(C)(CCCCl)CNc1ccc(C(F)(F)F)cc1Br. The highest BCUT2D eigenvalue weighted by Gasteiger charge is 2.30. The van der Waals surface area contributed by atoms with Gasteiger partial charge in [-0.2, -0.15) is 13.2 Å². The van der Waals surface area contributed by atoms with Crippen molar-refractivity contribution in [1.82, 2.24) is 0 Å². The number of nitrogens with one attached hydrogen (secondary N) is 1. The molecule has 1 N–H and O–H groups in total. The van der Waals surface area contributed by atoms with Crippen LogP contribution in [0.3, 0.4) is 0 Å². The molecule has 0 aliphatic rings. The van der Waals surface area contributed by atoms with Gasteiger partial charge in [0.2, 0.25) is 0 Å². The van der Waals surface area contributed by atoms with Crippen molar-refractivity contribution in [3.8, 4) is 0 Å².